The van der Waals surface area contributed by atoms with Crippen LogP contribution in [-0.2, 0) is 0 Å². The molecule has 1 nitrogen and oxygen atoms in total. The molecule has 0 amide bonds. The fourth-order valence-corrected chi connectivity index (χ4v) is 5.20. The van der Waals surface area contributed by atoms with Crippen LogP contribution in [0.3, 0.4) is 0 Å². The Morgan fingerprint density at radius 2 is 0.694 bits per heavy atom. The van der Waals surface area contributed by atoms with E-state index >= 15 is 0 Å². The van der Waals surface area contributed by atoms with Gasteiger partial charge in [0.1, 0.15) is 0 Å². The lowest BCUT2D eigenvalue weighted by Crippen LogP contribution is -2.00. The van der Waals surface area contributed by atoms with Crippen LogP contribution in [-0.4, -0.2) is 4.57 Å². The van der Waals surface area contributed by atoms with E-state index in [1.807, 2.05) is 0 Å². The molecular formula is C34H24BrN. The zero-order valence-electron chi connectivity index (χ0n) is 19.7. The third-order valence-electron chi connectivity index (χ3n) is 6.48. The van der Waals surface area contributed by atoms with E-state index in [0.29, 0.717) is 0 Å². The van der Waals surface area contributed by atoms with Crippen molar-refractivity contribution >= 4 is 15.9 Å². The summed E-state index contributed by atoms with van der Waals surface area (Å²) in [6.07, 6.45) is 0. The molecule has 172 valence electrons. The summed E-state index contributed by atoms with van der Waals surface area (Å²) in [5.74, 6) is 0. The molecule has 6 aromatic rings. The summed E-state index contributed by atoms with van der Waals surface area (Å²) >= 11 is 3.63. The van der Waals surface area contributed by atoms with E-state index in [1.54, 1.807) is 0 Å². The van der Waals surface area contributed by atoms with Crippen molar-refractivity contribution in [3.05, 3.63) is 150 Å². The van der Waals surface area contributed by atoms with Gasteiger partial charge in [-0.3, -0.25) is 0 Å². The maximum absolute atomic E-state index is 3.63. The van der Waals surface area contributed by atoms with Gasteiger partial charge in [0.05, 0.1) is 11.4 Å². The summed E-state index contributed by atoms with van der Waals surface area (Å²) in [6, 6.07) is 51.6. The lowest BCUT2D eigenvalue weighted by molar-refractivity contribution is 1.09. The zero-order chi connectivity index (χ0) is 24.3. The Balaban J connectivity index is 1.85. The average molecular weight is 526 g/mol. The lowest BCUT2D eigenvalue weighted by Gasteiger charge is -2.16. The molecule has 1 aromatic heterocycles. The molecule has 36 heavy (non-hydrogen) atoms. The Morgan fingerprint density at radius 1 is 0.361 bits per heavy atom. The van der Waals surface area contributed by atoms with Gasteiger partial charge in [-0.05, 0) is 46.5 Å². The number of hydrogen-bond donors (Lipinski definition) is 0. The normalized spacial score (nSPS) is 10.9. The summed E-state index contributed by atoms with van der Waals surface area (Å²) in [5.41, 5.74) is 10.7. The van der Waals surface area contributed by atoms with Crippen molar-refractivity contribution in [1.29, 1.82) is 0 Å². The largest absolute Gasteiger partial charge is 0.308 e. The van der Waals surface area contributed by atoms with Crippen molar-refractivity contribution in [3.63, 3.8) is 0 Å². The summed E-state index contributed by atoms with van der Waals surface area (Å²) < 4.78 is 3.49. The van der Waals surface area contributed by atoms with Gasteiger partial charge < -0.3 is 4.57 Å². The zero-order valence-corrected chi connectivity index (χ0v) is 21.3. The van der Waals surface area contributed by atoms with E-state index in [2.05, 4.69) is 166 Å². The molecule has 6 rings (SSSR count). The van der Waals surface area contributed by atoms with Crippen molar-refractivity contribution in [2.24, 2.45) is 0 Å². The van der Waals surface area contributed by atoms with Gasteiger partial charge in [-0.1, -0.05) is 137 Å². The highest BCUT2D eigenvalue weighted by molar-refractivity contribution is 9.10. The fraction of sp³-hybridized carbons (Fsp3) is 0. The molecule has 0 bridgehead atoms. The first-order valence-electron chi connectivity index (χ1n) is 12.1. The molecule has 0 spiro atoms. The van der Waals surface area contributed by atoms with Crippen LogP contribution in [0.5, 0.6) is 0 Å². The van der Waals surface area contributed by atoms with Crippen molar-refractivity contribution in [2.45, 2.75) is 0 Å². The number of aromatic nitrogens is 1. The minimum atomic E-state index is 1.06. The minimum absolute atomic E-state index is 1.06. The Morgan fingerprint density at radius 3 is 1.06 bits per heavy atom. The van der Waals surface area contributed by atoms with E-state index in [9.17, 15) is 0 Å². The first-order chi connectivity index (χ1) is 17.8. The molecule has 0 saturated heterocycles. The van der Waals surface area contributed by atoms with Crippen molar-refractivity contribution < 1.29 is 0 Å². The van der Waals surface area contributed by atoms with E-state index in [0.717, 1.165) is 10.2 Å². The van der Waals surface area contributed by atoms with Crippen LogP contribution in [0, 0.1) is 0 Å². The Bertz CT molecular complexity index is 1480. The molecule has 0 saturated carbocycles. The monoisotopic (exact) mass is 525 g/mol. The molecule has 0 aliphatic rings. The third kappa shape index (κ3) is 4.10. The summed E-state index contributed by atoms with van der Waals surface area (Å²) in [5, 5.41) is 0. The molecular weight excluding hydrogens is 502 g/mol. The second kappa shape index (κ2) is 9.85. The van der Waals surface area contributed by atoms with Gasteiger partial charge in [-0.15, -0.1) is 0 Å². The van der Waals surface area contributed by atoms with Crippen LogP contribution < -0.4 is 0 Å². The molecule has 0 atom stereocenters. The minimum Gasteiger partial charge on any atom is -0.308 e. The van der Waals surface area contributed by atoms with E-state index in [1.165, 1.54) is 44.8 Å². The smallest absolute Gasteiger partial charge is 0.0619 e. The van der Waals surface area contributed by atoms with Crippen LogP contribution >= 0.6 is 15.9 Å². The van der Waals surface area contributed by atoms with Gasteiger partial charge in [-0.2, -0.15) is 0 Å². The number of nitrogens with zero attached hydrogens (tertiary/aromatic N) is 1. The highest BCUT2D eigenvalue weighted by Gasteiger charge is 2.27. The molecule has 1 heterocycles. The van der Waals surface area contributed by atoms with Crippen LogP contribution in [0.4, 0.5) is 0 Å². The highest BCUT2D eigenvalue weighted by Crippen LogP contribution is 2.49. The van der Waals surface area contributed by atoms with Gasteiger partial charge in [-0.25, -0.2) is 0 Å². The summed E-state index contributed by atoms with van der Waals surface area (Å²) in [7, 11) is 0. The molecule has 0 radical (unpaired) electrons. The topological polar surface area (TPSA) is 4.93 Å². The first-order valence-corrected chi connectivity index (χ1v) is 12.9. The van der Waals surface area contributed by atoms with Gasteiger partial charge in [0.15, 0.2) is 0 Å². The van der Waals surface area contributed by atoms with Gasteiger partial charge in [0.2, 0.25) is 0 Å². The Hall–Kier alpha value is -4.14. The quantitative estimate of drug-likeness (QED) is 0.211. The second-order valence-corrected chi connectivity index (χ2v) is 9.64. The van der Waals surface area contributed by atoms with Crippen molar-refractivity contribution in [1.82, 2.24) is 4.57 Å². The lowest BCUT2D eigenvalue weighted by atomic mass is 9.91. The van der Waals surface area contributed by atoms with Crippen LogP contribution in [0.25, 0.3) is 50.5 Å². The van der Waals surface area contributed by atoms with Crippen LogP contribution in [0.15, 0.2) is 150 Å². The predicted molar refractivity (Wildman–Crippen MR) is 155 cm³/mol. The number of rotatable bonds is 5. The third-order valence-corrected chi connectivity index (χ3v) is 7.00. The SMILES string of the molecule is Brc1ccc(-n2c(-c3ccccc3)c(-c3ccccc3)c(-c3ccccc3)c2-c2ccccc2)cc1. The van der Waals surface area contributed by atoms with E-state index in [4.69, 9.17) is 0 Å². The standard InChI is InChI=1S/C34H24BrN/c35-29-21-23-30(24-22-29)36-33(27-17-9-3-10-18-27)31(25-13-5-1-6-14-25)32(26-15-7-2-8-16-26)34(36)28-19-11-4-12-20-28/h1-24H. The number of hydrogen-bond acceptors (Lipinski definition) is 0. The Labute approximate surface area is 220 Å². The maximum Gasteiger partial charge on any atom is 0.0619 e. The summed E-state index contributed by atoms with van der Waals surface area (Å²) in [4.78, 5) is 0. The molecule has 0 N–H and O–H groups in total. The van der Waals surface area contributed by atoms with Gasteiger partial charge in [0.25, 0.3) is 0 Å². The maximum atomic E-state index is 3.63. The molecule has 0 unspecified atom stereocenters. The van der Waals surface area contributed by atoms with Crippen molar-refractivity contribution in [2.75, 3.05) is 0 Å². The fourth-order valence-electron chi connectivity index (χ4n) is 4.93. The summed E-state index contributed by atoms with van der Waals surface area (Å²) in [6.45, 7) is 0. The predicted octanol–water partition coefficient (Wildman–Crippen LogP) is 9.91. The van der Waals surface area contributed by atoms with Crippen molar-refractivity contribution in [3.8, 4) is 50.5 Å². The average Bonchev–Trinajstić information content (AvgIpc) is 3.31. The molecule has 0 aliphatic heterocycles. The second-order valence-electron chi connectivity index (χ2n) is 8.72. The first kappa shape index (κ1) is 22.3. The van der Waals surface area contributed by atoms with Gasteiger partial charge in [0, 0.05) is 21.3 Å². The molecule has 5 aromatic carbocycles. The van der Waals surface area contributed by atoms with E-state index in [-0.39, 0.29) is 0 Å². The molecule has 0 fully saturated rings. The molecule has 2 heteroatoms. The van der Waals surface area contributed by atoms with E-state index < -0.39 is 0 Å². The Kier molecular flexibility index (Phi) is 6.11. The van der Waals surface area contributed by atoms with Crippen LogP contribution in [0.2, 0.25) is 0 Å². The van der Waals surface area contributed by atoms with Crippen LogP contribution in [0.1, 0.15) is 0 Å². The molecule has 0 aliphatic carbocycles. The highest BCUT2D eigenvalue weighted by atomic mass is 79.9. The number of benzene rings is 5. The number of halogens is 1. The van der Waals surface area contributed by atoms with Gasteiger partial charge >= 0.3 is 0 Å².